The zero-order valence-electron chi connectivity index (χ0n) is 15.5. The van der Waals surface area contributed by atoms with Crippen molar-refractivity contribution in [1.82, 2.24) is 0 Å². The van der Waals surface area contributed by atoms with E-state index in [0.29, 0.717) is 11.3 Å². The van der Waals surface area contributed by atoms with E-state index >= 15 is 0 Å². The quantitative estimate of drug-likeness (QED) is 0.660. The van der Waals surface area contributed by atoms with E-state index in [-0.39, 0.29) is 17.3 Å². The predicted octanol–water partition coefficient (Wildman–Crippen LogP) is 3.99. The molecule has 3 rings (SSSR count). The summed E-state index contributed by atoms with van der Waals surface area (Å²) in [5.41, 5.74) is 2.53. The highest BCUT2D eigenvalue weighted by molar-refractivity contribution is 7.92. The third-order valence-corrected chi connectivity index (χ3v) is 4.61. The number of anilines is 2. The second-order valence-electron chi connectivity index (χ2n) is 6.13. The summed E-state index contributed by atoms with van der Waals surface area (Å²) in [4.78, 5) is 12.7. The number of ether oxygens (including phenoxy) is 1. The minimum Gasteiger partial charge on any atom is -0.494 e. The monoisotopic (exact) mass is 396 g/mol. The Morgan fingerprint density at radius 2 is 1.50 bits per heavy atom. The van der Waals surface area contributed by atoms with E-state index < -0.39 is 10.0 Å². The molecule has 144 valence electrons. The Kier molecular flexibility index (Phi) is 5.65. The van der Waals surface area contributed by atoms with Crippen LogP contribution in [0.2, 0.25) is 0 Å². The van der Waals surface area contributed by atoms with Gasteiger partial charge in [-0.2, -0.15) is 0 Å². The molecule has 7 heteroatoms. The van der Waals surface area contributed by atoms with Crippen molar-refractivity contribution in [3.63, 3.8) is 0 Å². The Balaban J connectivity index is 2.13. The molecule has 3 aromatic carbocycles. The van der Waals surface area contributed by atoms with Crippen LogP contribution in [-0.2, 0) is 10.0 Å². The highest BCUT2D eigenvalue weighted by Crippen LogP contribution is 2.42. The molecule has 0 fully saturated rings. The Bertz CT molecular complexity index is 1080. The van der Waals surface area contributed by atoms with E-state index in [2.05, 4.69) is 10.0 Å². The Morgan fingerprint density at radius 1 is 0.893 bits per heavy atom. The van der Waals surface area contributed by atoms with Gasteiger partial charge in [-0.3, -0.25) is 9.52 Å². The van der Waals surface area contributed by atoms with Gasteiger partial charge in [-0.1, -0.05) is 48.5 Å². The molecular weight excluding hydrogens is 376 g/mol. The molecule has 0 saturated heterocycles. The van der Waals surface area contributed by atoms with Gasteiger partial charge in [0, 0.05) is 11.1 Å². The van der Waals surface area contributed by atoms with Crippen molar-refractivity contribution in [3.8, 4) is 16.9 Å². The summed E-state index contributed by atoms with van der Waals surface area (Å²) in [7, 11) is -2.08. The molecule has 28 heavy (non-hydrogen) atoms. The van der Waals surface area contributed by atoms with Crippen molar-refractivity contribution < 1.29 is 17.9 Å². The van der Waals surface area contributed by atoms with E-state index in [9.17, 15) is 13.2 Å². The van der Waals surface area contributed by atoms with Crippen molar-refractivity contribution in [2.24, 2.45) is 0 Å². The minimum atomic E-state index is -3.56. The molecule has 2 N–H and O–H groups in total. The molecule has 0 aliphatic carbocycles. The standard InChI is InChI=1S/C21H20N2O4S/c1-27-20-17(15-9-5-3-6-10-15)13-14-18(23-28(2,25)26)19(20)22-21(24)16-11-7-4-8-12-16/h3-14,23H,1-2H3,(H,22,24). The molecule has 0 aliphatic rings. The van der Waals surface area contributed by atoms with Crippen molar-refractivity contribution in [1.29, 1.82) is 0 Å². The second-order valence-corrected chi connectivity index (χ2v) is 7.88. The molecule has 0 bridgehead atoms. The van der Waals surface area contributed by atoms with E-state index in [1.165, 1.54) is 7.11 Å². The van der Waals surface area contributed by atoms with Gasteiger partial charge >= 0.3 is 0 Å². The molecular formula is C21H20N2O4S. The zero-order valence-corrected chi connectivity index (χ0v) is 16.3. The smallest absolute Gasteiger partial charge is 0.255 e. The van der Waals surface area contributed by atoms with Crippen molar-refractivity contribution in [2.75, 3.05) is 23.4 Å². The Morgan fingerprint density at radius 3 is 2.07 bits per heavy atom. The molecule has 0 aliphatic heterocycles. The number of hydrogen-bond acceptors (Lipinski definition) is 4. The normalized spacial score (nSPS) is 10.9. The summed E-state index contributed by atoms with van der Waals surface area (Å²) in [5.74, 6) is -0.00945. The fraction of sp³-hybridized carbons (Fsp3) is 0.0952. The SMILES string of the molecule is COc1c(-c2ccccc2)ccc(NS(C)(=O)=O)c1NC(=O)c1ccccc1. The average Bonchev–Trinajstić information content (AvgIpc) is 2.69. The highest BCUT2D eigenvalue weighted by Gasteiger charge is 2.20. The zero-order chi connectivity index (χ0) is 20.1. The third-order valence-electron chi connectivity index (χ3n) is 4.02. The number of methoxy groups -OCH3 is 1. The lowest BCUT2D eigenvalue weighted by Crippen LogP contribution is -2.17. The average molecular weight is 396 g/mol. The largest absolute Gasteiger partial charge is 0.494 e. The van der Waals surface area contributed by atoms with Crippen molar-refractivity contribution >= 4 is 27.3 Å². The maximum absolute atomic E-state index is 12.7. The summed E-state index contributed by atoms with van der Waals surface area (Å²) in [6.45, 7) is 0. The van der Waals surface area contributed by atoms with Crippen LogP contribution < -0.4 is 14.8 Å². The first-order valence-electron chi connectivity index (χ1n) is 8.49. The maximum atomic E-state index is 12.7. The van der Waals surface area contributed by atoms with E-state index in [1.807, 2.05) is 36.4 Å². The molecule has 0 heterocycles. The van der Waals surface area contributed by atoms with Crippen molar-refractivity contribution in [2.45, 2.75) is 0 Å². The van der Waals surface area contributed by atoms with Crippen LogP contribution in [0.25, 0.3) is 11.1 Å². The lowest BCUT2D eigenvalue weighted by atomic mass is 10.0. The molecule has 3 aromatic rings. The van der Waals surface area contributed by atoms with Gasteiger partial charge in [0.05, 0.1) is 19.1 Å². The van der Waals surface area contributed by atoms with Gasteiger partial charge in [0.25, 0.3) is 5.91 Å². The number of nitrogens with one attached hydrogen (secondary N) is 2. The first kappa shape index (κ1) is 19.4. The summed E-state index contributed by atoms with van der Waals surface area (Å²) in [6, 6.07) is 21.5. The van der Waals surface area contributed by atoms with Crippen LogP contribution in [0.3, 0.4) is 0 Å². The number of carbonyl (C=O) groups is 1. The molecule has 0 spiro atoms. The topological polar surface area (TPSA) is 84.5 Å². The number of carbonyl (C=O) groups excluding carboxylic acids is 1. The summed E-state index contributed by atoms with van der Waals surface area (Å²) in [6.07, 6.45) is 1.05. The summed E-state index contributed by atoms with van der Waals surface area (Å²) < 4.78 is 31.6. The summed E-state index contributed by atoms with van der Waals surface area (Å²) >= 11 is 0. The van der Waals surface area contributed by atoms with Crippen LogP contribution in [0, 0.1) is 0 Å². The van der Waals surface area contributed by atoms with Gasteiger partial charge in [0.15, 0.2) is 5.75 Å². The van der Waals surface area contributed by atoms with Gasteiger partial charge in [-0.05, 0) is 29.8 Å². The lowest BCUT2D eigenvalue weighted by Gasteiger charge is -2.19. The van der Waals surface area contributed by atoms with Crippen LogP contribution in [0.15, 0.2) is 72.8 Å². The number of benzene rings is 3. The van der Waals surface area contributed by atoms with Gasteiger partial charge < -0.3 is 10.1 Å². The predicted molar refractivity (Wildman–Crippen MR) is 111 cm³/mol. The van der Waals surface area contributed by atoms with Crippen LogP contribution in [0.4, 0.5) is 11.4 Å². The van der Waals surface area contributed by atoms with E-state index in [0.717, 1.165) is 17.4 Å². The maximum Gasteiger partial charge on any atom is 0.255 e. The molecule has 0 unspecified atom stereocenters. The molecule has 0 atom stereocenters. The number of sulfonamides is 1. The number of hydrogen-bond donors (Lipinski definition) is 2. The molecule has 0 radical (unpaired) electrons. The second kappa shape index (κ2) is 8.14. The molecule has 6 nitrogen and oxygen atoms in total. The number of rotatable bonds is 6. The van der Waals surface area contributed by atoms with Gasteiger partial charge in [0.2, 0.25) is 10.0 Å². The van der Waals surface area contributed by atoms with Crippen LogP contribution in [0.1, 0.15) is 10.4 Å². The van der Waals surface area contributed by atoms with Gasteiger partial charge in [-0.15, -0.1) is 0 Å². The fourth-order valence-electron chi connectivity index (χ4n) is 2.82. The van der Waals surface area contributed by atoms with Crippen LogP contribution in [-0.4, -0.2) is 27.7 Å². The summed E-state index contributed by atoms with van der Waals surface area (Å²) in [5, 5.41) is 2.79. The molecule has 1 amide bonds. The van der Waals surface area contributed by atoms with Gasteiger partial charge in [0.1, 0.15) is 5.69 Å². The first-order chi connectivity index (χ1) is 13.4. The highest BCUT2D eigenvalue weighted by atomic mass is 32.2. The first-order valence-corrected chi connectivity index (χ1v) is 10.4. The number of amides is 1. The lowest BCUT2D eigenvalue weighted by molar-refractivity contribution is 0.102. The van der Waals surface area contributed by atoms with Crippen molar-refractivity contribution in [3.05, 3.63) is 78.4 Å². The van der Waals surface area contributed by atoms with E-state index in [4.69, 9.17) is 4.74 Å². The van der Waals surface area contributed by atoms with Gasteiger partial charge in [-0.25, -0.2) is 8.42 Å². The molecule has 0 aromatic heterocycles. The van der Waals surface area contributed by atoms with E-state index in [1.54, 1.807) is 36.4 Å². The fourth-order valence-corrected chi connectivity index (χ4v) is 3.39. The minimum absolute atomic E-state index is 0.225. The Hall–Kier alpha value is -3.32. The molecule has 0 saturated carbocycles. The van der Waals surface area contributed by atoms with Crippen LogP contribution in [0.5, 0.6) is 5.75 Å². The third kappa shape index (κ3) is 4.50. The van der Waals surface area contributed by atoms with Crippen LogP contribution >= 0.6 is 0 Å². The Labute approximate surface area is 164 Å².